The van der Waals surface area contributed by atoms with E-state index in [1.807, 2.05) is 0 Å². The van der Waals surface area contributed by atoms with E-state index in [9.17, 15) is 8.78 Å². The number of rotatable bonds is 4. The molecule has 1 heterocycles. The van der Waals surface area contributed by atoms with Crippen LogP contribution in [0, 0.1) is 23.0 Å². The van der Waals surface area contributed by atoms with Gasteiger partial charge in [-0.15, -0.1) is 5.10 Å². The maximum absolute atomic E-state index is 13.2. The Kier molecular flexibility index (Phi) is 4.25. The highest BCUT2D eigenvalue weighted by Gasteiger charge is 2.07. The molecule has 0 atom stereocenters. The number of hydrogen-bond donors (Lipinski definition) is 2. The molecule has 0 fully saturated rings. The molecule has 118 valence electrons. The Hall–Kier alpha value is -3.60. The van der Waals surface area contributed by atoms with Crippen LogP contribution in [0.25, 0.3) is 0 Å². The summed E-state index contributed by atoms with van der Waals surface area (Å²) in [5.41, 5.74) is 1.28. The van der Waals surface area contributed by atoms with Gasteiger partial charge in [0.05, 0.1) is 17.4 Å². The van der Waals surface area contributed by atoms with Gasteiger partial charge in [-0.2, -0.15) is 15.3 Å². The Morgan fingerprint density at radius 3 is 2.62 bits per heavy atom. The lowest BCUT2D eigenvalue weighted by Gasteiger charge is -2.08. The SMILES string of the molecule is N#Cc1ccccc1Nc1nncc(Nc2ccc(F)c(F)c2)n1. The summed E-state index contributed by atoms with van der Waals surface area (Å²) in [5, 5.41) is 22.4. The lowest BCUT2D eigenvalue weighted by Crippen LogP contribution is -2.03. The first-order valence-corrected chi connectivity index (χ1v) is 6.83. The standard InChI is InChI=1S/C16H10F2N6/c17-12-6-5-11(7-13(12)18)21-15-9-20-24-16(23-15)22-14-4-2-1-3-10(14)8-19/h1-7,9H,(H2,21,22,23,24). The van der Waals surface area contributed by atoms with Crippen molar-refractivity contribution in [2.45, 2.75) is 0 Å². The van der Waals surface area contributed by atoms with E-state index in [1.54, 1.807) is 24.3 Å². The smallest absolute Gasteiger partial charge is 0.249 e. The molecule has 0 aliphatic carbocycles. The van der Waals surface area contributed by atoms with Gasteiger partial charge in [0, 0.05) is 11.8 Å². The lowest BCUT2D eigenvalue weighted by molar-refractivity contribution is 0.509. The first kappa shape index (κ1) is 15.3. The zero-order chi connectivity index (χ0) is 16.9. The van der Waals surface area contributed by atoms with Crippen LogP contribution in [0.1, 0.15) is 5.56 Å². The molecule has 0 unspecified atom stereocenters. The molecule has 1 aromatic heterocycles. The minimum atomic E-state index is -0.969. The summed E-state index contributed by atoms with van der Waals surface area (Å²) in [6.45, 7) is 0. The fourth-order valence-electron chi connectivity index (χ4n) is 1.95. The van der Waals surface area contributed by atoms with E-state index in [-0.39, 0.29) is 11.8 Å². The van der Waals surface area contributed by atoms with Gasteiger partial charge in [-0.25, -0.2) is 8.78 Å². The molecule has 0 bridgehead atoms. The van der Waals surface area contributed by atoms with Gasteiger partial charge in [-0.05, 0) is 24.3 Å². The number of hydrogen-bond acceptors (Lipinski definition) is 6. The number of aromatic nitrogens is 3. The number of nitrogens with zero attached hydrogens (tertiary/aromatic N) is 4. The molecule has 0 spiro atoms. The van der Waals surface area contributed by atoms with Crippen LogP contribution in [-0.2, 0) is 0 Å². The van der Waals surface area contributed by atoms with Crippen LogP contribution in [0.3, 0.4) is 0 Å². The van der Waals surface area contributed by atoms with Crippen LogP contribution in [0.15, 0.2) is 48.7 Å². The minimum absolute atomic E-state index is 0.158. The van der Waals surface area contributed by atoms with Crippen molar-refractivity contribution in [2.24, 2.45) is 0 Å². The molecular weight excluding hydrogens is 314 g/mol. The Morgan fingerprint density at radius 1 is 1.00 bits per heavy atom. The van der Waals surface area contributed by atoms with Crippen molar-refractivity contribution in [1.29, 1.82) is 5.26 Å². The number of nitrogens with one attached hydrogen (secondary N) is 2. The largest absolute Gasteiger partial charge is 0.339 e. The molecule has 6 nitrogen and oxygen atoms in total. The second-order valence-electron chi connectivity index (χ2n) is 4.70. The molecule has 3 aromatic rings. The molecule has 0 saturated heterocycles. The van der Waals surface area contributed by atoms with Crippen molar-refractivity contribution in [1.82, 2.24) is 15.2 Å². The van der Waals surface area contributed by atoms with Crippen molar-refractivity contribution < 1.29 is 8.78 Å². The number of benzene rings is 2. The third-order valence-electron chi connectivity index (χ3n) is 3.04. The van der Waals surface area contributed by atoms with Crippen LogP contribution in [0.4, 0.5) is 31.9 Å². The van der Waals surface area contributed by atoms with Crippen LogP contribution in [0.5, 0.6) is 0 Å². The second-order valence-corrected chi connectivity index (χ2v) is 4.70. The third kappa shape index (κ3) is 3.41. The van der Waals surface area contributed by atoms with E-state index in [2.05, 4.69) is 31.9 Å². The van der Waals surface area contributed by atoms with Crippen molar-refractivity contribution >= 4 is 23.1 Å². The first-order valence-electron chi connectivity index (χ1n) is 6.83. The van der Waals surface area contributed by atoms with Crippen molar-refractivity contribution in [3.8, 4) is 6.07 Å². The highest BCUT2D eigenvalue weighted by Crippen LogP contribution is 2.20. The monoisotopic (exact) mass is 324 g/mol. The molecule has 0 radical (unpaired) electrons. The van der Waals surface area contributed by atoms with Crippen molar-refractivity contribution in [3.05, 3.63) is 65.9 Å². The van der Waals surface area contributed by atoms with E-state index < -0.39 is 11.6 Å². The number of para-hydroxylation sites is 1. The van der Waals surface area contributed by atoms with E-state index in [0.29, 0.717) is 16.9 Å². The highest BCUT2D eigenvalue weighted by molar-refractivity contribution is 5.64. The van der Waals surface area contributed by atoms with Crippen molar-refractivity contribution in [3.63, 3.8) is 0 Å². The molecule has 24 heavy (non-hydrogen) atoms. The van der Waals surface area contributed by atoms with Gasteiger partial charge in [-0.3, -0.25) is 0 Å². The van der Waals surface area contributed by atoms with Crippen molar-refractivity contribution in [2.75, 3.05) is 10.6 Å². The summed E-state index contributed by atoms with van der Waals surface area (Å²) < 4.78 is 26.2. The molecule has 0 amide bonds. The fourth-order valence-corrected chi connectivity index (χ4v) is 1.95. The molecule has 2 N–H and O–H groups in total. The summed E-state index contributed by atoms with van der Waals surface area (Å²) in [7, 11) is 0. The third-order valence-corrected chi connectivity index (χ3v) is 3.04. The van der Waals surface area contributed by atoms with Crippen LogP contribution < -0.4 is 10.6 Å². The number of halogens is 2. The van der Waals surface area contributed by atoms with Gasteiger partial charge < -0.3 is 10.6 Å². The van der Waals surface area contributed by atoms with Crippen LogP contribution in [0.2, 0.25) is 0 Å². The van der Waals surface area contributed by atoms with Gasteiger partial charge >= 0.3 is 0 Å². The second kappa shape index (κ2) is 6.66. The first-order chi connectivity index (χ1) is 11.7. The molecular formula is C16H10F2N6. The van der Waals surface area contributed by atoms with Crippen LogP contribution >= 0.6 is 0 Å². The quantitative estimate of drug-likeness (QED) is 0.764. The van der Waals surface area contributed by atoms with Gasteiger partial charge in [-0.1, -0.05) is 12.1 Å². The van der Waals surface area contributed by atoms with E-state index >= 15 is 0 Å². The number of anilines is 4. The summed E-state index contributed by atoms with van der Waals surface area (Å²) in [6, 6.07) is 12.3. The van der Waals surface area contributed by atoms with Gasteiger partial charge in [0.1, 0.15) is 6.07 Å². The molecule has 0 saturated carbocycles. The van der Waals surface area contributed by atoms with E-state index in [1.165, 1.54) is 12.3 Å². The molecule has 8 heteroatoms. The molecule has 2 aromatic carbocycles. The summed E-state index contributed by atoms with van der Waals surface area (Å²) >= 11 is 0. The van der Waals surface area contributed by atoms with Gasteiger partial charge in [0.15, 0.2) is 17.5 Å². The molecule has 0 aliphatic rings. The highest BCUT2D eigenvalue weighted by atomic mass is 19.2. The molecule has 3 rings (SSSR count). The summed E-state index contributed by atoms with van der Waals surface area (Å²) in [5.74, 6) is -1.46. The topological polar surface area (TPSA) is 86.5 Å². The number of nitriles is 1. The average Bonchev–Trinajstić information content (AvgIpc) is 2.59. The Balaban J connectivity index is 1.81. The zero-order valence-electron chi connectivity index (χ0n) is 12.2. The van der Waals surface area contributed by atoms with Gasteiger partial charge in [0.25, 0.3) is 0 Å². The maximum Gasteiger partial charge on any atom is 0.249 e. The van der Waals surface area contributed by atoms with Gasteiger partial charge in [0.2, 0.25) is 5.95 Å². The summed E-state index contributed by atoms with van der Waals surface area (Å²) in [4.78, 5) is 4.17. The molecule has 0 aliphatic heterocycles. The fraction of sp³-hybridized carbons (Fsp3) is 0. The zero-order valence-corrected chi connectivity index (χ0v) is 12.2. The predicted octanol–water partition coefficient (Wildman–Crippen LogP) is 3.51. The van der Waals surface area contributed by atoms with E-state index in [4.69, 9.17) is 5.26 Å². The minimum Gasteiger partial charge on any atom is -0.339 e. The Labute approximate surface area is 135 Å². The summed E-state index contributed by atoms with van der Waals surface area (Å²) in [6.07, 6.45) is 1.34. The van der Waals surface area contributed by atoms with Crippen LogP contribution in [-0.4, -0.2) is 15.2 Å². The average molecular weight is 324 g/mol. The predicted molar refractivity (Wildman–Crippen MR) is 83.9 cm³/mol. The van der Waals surface area contributed by atoms with E-state index in [0.717, 1.165) is 12.1 Å². The Bertz CT molecular complexity index is 922. The Morgan fingerprint density at radius 2 is 1.83 bits per heavy atom. The normalized spacial score (nSPS) is 10.0. The maximum atomic E-state index is 13.2. The lowest BCUT2D eigenvalue weighted by atomic mass is 10.2.